The van der Waals surface area contributed by atoms with Crippen molar-refractivity contribution in [2.75, 3.05) is 6.54 Å². The Morgan fingerprint density at radius 1 is 1.05 bits per heavy atom. The Labute approximate surface area is 126 Å². The smallest absolute Gasteiger partial charge is 0.123 e. The van der Waals surface area contributed by atoms with Gasteiger partial charge in [0.1, 0.15) is 5.82 Å². The van der Waals surface area contributed by atoms with Gasteiger partial charge in [-0.05, 0) is 36.7 Å². The van der Waals surface area contributed by atoms with E-state index >= 15 is 0 Å². The molecule has 0 aliphatic rings. The summed E-state index contributed by atoms with van der Waals surface area (Å²) in [6.07, 6.45) is 0. The van der Waals surface area contributed by atoms with Crippen LogP contribution in [0.15, 0.2) is 54.6 Å². The van der Waals surface area contributed by atoms with Crippen molar-refractivity contribution in [2.45, 2.75) is 32.5 Å². The van der Waals surface area contributed by atoms with Crippen molar-refractivity contribution in [2.24, 2.45) is 5.73 Å². The second-order valence-corrected chi connectivity index (χ2v) is 5.40. The van der Waals surface area contributed by atoms with Crippen molar-refractivity contribution < 1.29 is 4.39 Å². The summed E-state index contributed by atoms with van der Waals surface area (Å²) in [5, 5.41) is 0. The molecule has 112 valence electrons. The molecule has 0 aliphatic carbocycles. The van der Waals surface area contributed by atoms with E-state index in [1.165, 1.54) is 17.7 Å². The van der Waals surface area contributed by atoms with Crippen LogP contribution in [0.2, 0.25) is 0 Å². The Morgan fingerprint density at radius 3 is 2.19 bits per heavy atom. The third kappa shape index (κ3) is 4.13. The standard InChI is InChI=1S/C18H23FN2/c1-3-21(13-15-7-5-4-6-8-15)18(14(2)20)16-9-11-17(19)12-10-16/h4-12,14,18H,3,13,20H2,1-2H3. The van der Waals surface area contributed by atoms with E-state index in [4.69, 9.17) is 5.73 Å². The van der Waals surface area contributed by atoms with Gasteiger partial charge in [0.15, 0.2) is 0 Å². The zero-order valence-electron chi connectivity index (χ0n) is 12.7. The summed E-state index contributed by atoms with van der Waals surface area (Å²) in [6.45, 7) is 5.85. The number of nitrogens with two attached hydrogens (primary N) is 1. The third-order valence-corrected chi connectivity index (χ3v) is 3.74. The minimum Gasteiger partial charge on any atom is -0.326 e. The van der Waals surface area contributed by atoms with E-state index in [1.807, 2.05) is 37.3 Å². The Hall–Kier alpha value is -1.71. The summed E-state index contributed by atoms with van der Waals surface area (Å²) < 4.78 is 13.1. The summed E-state index contributed by atoms with van der Waals surface area (Å²) in [7, 11) is 0. The average Bonchev–Trinajstić information content (AvgIpc) is 2.49. The van der Waals surface area contributed by atoms with E-state index in [9.17, 15) is 4.39 Å². The van der Waals surface area contributed by atoms with Crippen LogP contribution in [0, 0.1) is 5.82 Å². The van der Waals surface area contributed by atoms with Gasteiger partial charge >= 0.3 is 0 Å². The fourth-order valence-corrected chi connectivity index (χ4v) is 2.73. The van der Waals surface area contributed by atoms with E-state index in [-0.39, 0.29) is 17.9 Å². The second kappa shape index (κ2) is 7.34. The molecule has 0 aliphatic heterocycles. The van der Waals surface area contributed by atoms with Crippen LogP contribution in [0.1, 0.15) is 31.0 Å². The summed E-state index contributed by atoms with van der Waals surface area (Å²) in [5.41, 5.74) is 8.52. The molecule has 2 unspecified atom stereocenters. The lowest BCUT2D eigenvalue weighted by atomic mass is 9.98. The molecule has 0 bridgehead atoms. The fourth-order valence-electron chi connectivity index (χ4n) is 2.73. The van der Waals surface area contributed by atoms with Crippen LogP contribution in [0.4, 0.5) is 4.39 Å². The minimum atomic E-state index is -0.215. The van der Waals surface area contributed by atoms with Crippen molar-refractivity contribution in [3.05, 3.63) is 71.5 Å². The molecule has 2 atom stereocenters. The lowest BCUT2D eigenvalue weighted by molar-refractivity contribution is 0.177. The molecule has 2 aromatic carbocycles. The molecule has 0 aromatic heterocycles. The number of hydrogen-bond donors (Lipinski definition) is 1. The predicted molar refractivity (Wildman–Crippen MR) is 85.3 cm³/mol. The van der Waals surface area contributed by atoms with E-state index in [2.05, 4.69) is 24.0 Å². The number of nitrogens with zero attached hydrogens (tertiary/aromatic N) is 1. The Bertz CT molecular complexity index is 537. The molecular weight excluding hydrogens is 263 g/mol. The molecule has 2 rings (SSSR count). The molecule has 0 amide bonds. The van der Waals surface area contributed by atoms with E-state index < -0.39 is 0 Å². The number of halogens is 1. The molecule has 0 fully saturated rings. The van der Waals surface area contributed by atoms with Crippen molar-refractivity contribution in [1.29, 1.82) is 0 Å². The molecule has 0 saturated heterocycles. The summed E-state index contributed by atoms with van der Waals surface area (Å²) >= 11 is 0. The highest BCUT2D eigenvalue weighted by molar-refractivity contribution is 5.22. The van der Waals surface area contributed by atoms with Gasteiger partial charge in [-0.3, -0.25) is 4.90 Å². The number of benzene rings is 2. The molecule has 2 nitrogen and oxygen atoms in total. The normalized spacial score (nSPS) is 14.1. The third-order valence-electron chi connectivity index (χ3n) is 3.74. The SMILES string of the molecule is CCN(Cc1ccccc1)C(c1ccc(F)cc1)C(C)N. The fraction of sp³-hybridized carbons (Fsp3) is 0.333. The Balaban J connectivity index is 2.24. The molecule has 2 N–H and O–H groups in total. The monoisotopic (exact) mass is 286 g/mol. The minimum absolute atomic E-state index is 0.0286. The first-order chi connectivity index (χ1) is 10.1. The molecule has 0 heterocycles. The highest BCUT2D eigenvalue weighted by Crippen LogP contribution is 2.25. The van der Waals surface area contributed by atoms with Crippen LogP contribution >= 0.6 is 0 Å². The average molecular weight is 286 g/mol. The van der Waals surface area contributed by atoms with Crippen LogP contribution in [0.5, 0.6) is 0 Å². The van der Waals surface area contributed by atoms with Gasteiger partial charge < -0.3 is 5.73 Å². The topological polar surface area (TPSA) is 29.3 Å². The van der Waals surface area contributed by atoms with Gasteiger partial charge in [-0.2, -0.15) is 0 Å². The lowest BCUT2D eigenvalue weighted by Gasteiger charge is -2.34. The maximum absolute atomic E-state index is 13.1. The summed E-state index contributed by atoms with van der Waals surface area (Å²) in [6, 6.07) is 17.1. The molecule has 3 heteroatoms. The molecule has 0 saturated carbocycles. The van der Waals surface area contributed by atoms with Gasteiger partial charge in [-0.15, -0.1) is 0 Å². The van der Waals surface area contributed by atoms with Crippen LogP contribution in [-0.2, 0) is 6.54 Å². The predicted octanol–water partition coefficient (Wildman–Crippen LogP) is 3.74. The summed E-state index contributed by atoms with van der Waals surface area (Å²) in [4.78, 5) is 2.33. The van der Waals surface area contributed by atoms with Crippen LogP contribution in [0.25, 0.3) is 0 Å². The van der Waals surface area contributed by atoms with Crippen LogP contribution < -0.4 is 5.73 Å². The van der Waals surface area contributed by atoms with Crippen LogP contribution in [-0.4, -0.2) is 17.5 Å². The zero-order valence-corrected chi connectivity index (χ0v) is 12.7. The molecule has 2 aromatic rings. The van der Waals surface area contributed by atoms with Crippen molar-refractivity contribution >= 4 is 0 Å². The number of likely N-dealkylation sites (N-methyl/N-ethyl adjacent to an activating group) is 1. The lowest BCUT2D eigenvalue weighted by Crippen LogP contribution is -2.39. The Kier molecular flexibility index (Phi) is 5.48. The van der Waals surface area contributed by atoms with Crippen LogP contribution in [0.3, 0.4) is 0 Å². The van der Waals surface area contributed by atoms with Crippen molar-refractivity contribution in [1.82, 2.24) is 4.90 Å². The first kappa shape index (κ1) is 15.7. The Morgan fingerprint density at radius 2 is 1.67 bits per heavy atom. The van der Waals surface area contributed by atoms with Gasteiger partial charge in [-0.1, -0.05) is 49.4 Å². The van der Waals surface area contributed by atoms with Gasteiger partial charge in [0.05, 0.1) is 0 Å². The maximum atomic E-state index is 13.1. The van der Waals surface area contributed by atoms with Gasteiger partial charge in [0.25, 0.3) is 0 Å². The van der Waals surface area contributed by atoms with E-state index in [1.54, 1.807) is 0 Å². The first-order valence-electron chi connectivity index (χ1n) is 7.41. The van der Waals surface area contributed by atoms with Gasteiger partial charge in [-0.25, -0.2) is 4.39 Å². The molecule has 0 radical (unpaired) electrons. The molecular formula is C18H23FN2. The second-order valence-electron chi connectivity index (χ2n) is 5.40. The van der Waals surface area contributed by atoms with Crippen molar-refractivity contribution in [3.8, 4) is 0 Å². The number of rotatable bonds is 6. The molecule has 0 spiro atoms. The molecule has 21 heavy (non-hydrogen) atoms. The van der Waals surface area contributed by atoms with E-state index in [0.717, 1.165) is 18.7 Å². The van der Waals surface area contributed by atoms with E-state index in [0.29, 0.717) is 0 Å². The summed E-state index contributed by atoms with van der Waals surface area (Å²) in [5.74, 6) is -0.215. The van der Waals surface area contributed by atoms with Gasteiger partial charge in [0.2, 0.25) is 0 Å². The largest absolute Gasteiger partial charge is 0.326 e. The van der Waals surface area contributed by atoms with Crippen molar-refractivity contribution in [3.63, 3.8) is 0 Å². The first-order valence-corrected chi connectivity index (χ1v) is 7.41. The highest BCUT2D eigenvalue weighted by Gasteiger charge is 2.23. The maximum Gasteiger partial charge on any atom is 0.123 e. The number of hydrogen-bond acceptors (Lipinski definition) is 2. The quantitative estimate of drug-likeness (QED) is 0.876. The zero-order chi connectivity index (χ0) is 15.2. The van der Waals surface area contributed by atoms with Gasteiger partial charge in [0, 0.05) is 18.6 Å². The highest BCUT2D eigenvalue weighted by atomic mass is 19.1.